The zero-order chi connectivity index (χ0) is 19.4. The summed E-state index contributed by atoms with van der Waals surface area (Å²) >= 11 is 0. The minimum absolute atomic E-state index is 0.113. The Kier molecular flexibility index (Phi) is 3.43. The van der Waals surface area contributed by atoms with E-state index in [1.165, 1.54) is 12.5 Å². The van der Waals surface area contributed by atoms with Crippen LogP contribution in [0.25, 0.3) is 16.7 Å². The van der Waals surface area contributed by atoms with Gasteiger partial charge in [-0.15, -0.1) is 0 Å². The maximum absolute atomic E-state index is 12.8. The highest BCUT2D eigenvalue weighted by Gasteiger charge is 2.72. The number of aromatic amines is 1. The molecule has 8 nitrogen and oxygen atoms in total. The average Bonchev–Trinajstić information content (AvgIpc) is 3.02. The molecule has 1 atom stereocenters. The molecule has 2 heterocycles. The number of benzene rings is 1. The van der Waals surface area contributed by atoms with E-state index in [-0.39, 0.29) is 16.9 Å². The predicted molar refractivity (Wildman–Crippen MR) is 102 cm³/mol. The van der Waals surface area contributed by atoms with Gasteiger partial charge in [-0.2, -0.15) is 10.4 Å². The lowest BCUT2D eigenvalue weighted by atomic mass is 9.91. The summed E-state index contributed by atoms with van der Waals surface area (Å²) in [6.07, 6.45) is 7.60. The molecule has 5 rings (SSSR count). The lowest BCUT2D eigenvalue weighted by molar-refractivity contribution is -0.120. The molecule has 2 aromatic heterocycles. The highest BCUT2D eigenvalue weighted by molar-refractivity contribution is 6.00. The highest BCUT2D eigenvalue weighted by Crippen LogP contribution is 2.71. The molecular weight excluding hydrogens is 356 g/mol. The van der Waals surface area contributed by atoms with Gasteiger partial charge in [0.1, 0.15) is 10.8 Å². The molecule has 2 aliphatic rings. The minimum atomic E-state index is -0.884. The van der Waals surface area contributed by atoms with Gasteiger partial charge in [0.2, 0.25) is 5.91 Å². The fraction of sp³-hybridized carbons (Fsp3) is 0.350. The molecule has 0 saturated heterocycles. The summed E-state index contributed by atoms with van der Waals surface area (Å²) in [6.45, 7) is 0. The van der Waals surface area contributed by atoms with Gasteiger partial charge in [0.05, 0.1) is 24.3 Å². The van der Waals surface area contributed by atoms with E-state index in [2.05, 4.69) is 26.5 Å². The second-order valence-corrected chi connectivity index (χ2v) is 7.71. The van der Waals surface area contributed by atoms with Crippen molar-refractivity contribution < 1.29 is 4.79 Å². The second kappa shape index (κ2) is 5.76. The van der Waals surface area contributed by atoms with Crippen molar-refractivity contribution in [1.82, 2.24) is 19.7 Å². The Balaban J connectivity index is 1.39. The van der Waals surface area contributed by atoms with E-state index in [0.717, 1.165) is 31.4 Å². The Bertz CT molecular complexity index is 1180. The maximum atomic E-state index is 12.8. The highest BCUT2D eigenvalue weighted by atomic mass is 16.2. The van der Waals surface area contributed by atoms with Crippen LogP contribution in [0.2, 0.25) is 0 Å². The average molecular weight is 374 g/mol. The first-order valence-electron chi connectivity index (χ1n) is 9.33. The molecule has 0 aliphatic heterocycles. The lowest BCUT2D eigenvalue weighted by Gasteiger charge is -2.15. The van der Waals surface area contributed by atoms with Crippen molar-refractivity contribution in [2.24, 2.45) is 10.8 Å². The molecule has 1 amide bonds. The van der Waals surface area contributed by atoms with E-state index in [9.17, 15) is 14.9 Å². The Morgan fingerprint density at radius 3 is 2.71 bits per heavy atom. The molecule has 140 valence electrons. The molecule has 2 fully saturated rings. The third-order valence-corrected chi connectivity index (χ3v) is 6.26. The topological polar surface area (TPSA) is 116 Å². The van der Waals surface area contributed by atoms with Crippen LogP contribution in [0.5, 0.6) is 0 Å². The Morgan fingerprint density at radius 2 is 2.00 bits per heavy atom. The summed E-state index contributed by atoms with van der Waals surface area (Å²) in [5, 5.41) is 17.2. The summed E-state index contributed by atoms with van der Waals surface area (Å²) in [4.78, 5) is 31.3. The molecule has 0 radical (unpaired) electrons. The maximum Gasteiger partial charge on any atom is 0.261 e. The number of rotatable bonds is 3. The lowest BCUT2D eigenvalue weighted by Crippen LogP contribution is -2.27. The van der Waals surface area contributed by atoms with Crippen molar-refractivity contribution in [3.63, 3.8) is 0 Å². The van der Waals surface area contributed by atoms with Gasteiger partial charge in [0.15, 0.2) is 5.65 Å². The van der Waals surface area contributed by atoms with Crippen molar-refractivity contribution in [2.75, 3.05) is 5.32 Å². The molecule has 3 aromatic rings. The standard InChI is InChI=1S/C20H18N6O2/c21-11-20(10-19(20)7-1-2-8-19)18(28)25-13-3-5-14(6-4-13)26-16-15(9-24-26)17(27)23-12-22-16/h3-6,9,12H,1-2,7-8,10H2,(H,25,28)(H,22,23,27). The Labute approximate surface area is 160 Å². The molecule has 0 bridgehead atoms. The van der Waals surface area contributed by atoms with Crippen LogP contribution < -0.4 is 10.9 Å². The van der Waals surface area contributed by atoms with Crippen LogP contribution in [0.3, 0.4) is 0 Å². The third kappa shape index (κ3) is 2.22. The van der Waals surface area contributed by atoms with Gasteiger partial charge < -0.3 is 10.3 Å². The fourth-order valence-corrected chi connectivity index (χ4v) is 4.62. The number of hydrogen-bond acceptors (Lipinski definition) is 5. The largest absolute Gasteiger partial charge is 0.325 e. The molecule has 1 unspecified atom stereocenters. The molecule has 1 spiro atoms. The van der Waals surface area contributed by atoms with Crippen LogP contribution in [0.1, 0.15) is 32.1 Å². The van der Waals surface area contributed by atoms with Crippen molar-refractivity contribution in [3.8, 4) is 11.8 Å². The number of hydrogen-bond donors (Lipinski definition) is 2. The summed E-state index contributed by atoms with van der Waals surface area (Å²) < 4.78 is 1.57. The molecule has 2 N–H and O–H groups in total. The van der Waals surface area contributed by atoms with Gasteiger partial charge in [-0.25, -0.2) is 9.67 Å². The number of nitriles is 1. The first kappa shape index (κ1) is 16.7. The normalized spacial score (nSPS) is 22.2. The smallest absolute Gasteiger partial charge is 0.261 e. The molecule has 2 saturated carbocycles. The predicted octanol–water partition coefficient (Wildman–Crippen LogP) is 2.52. The SMILES string of the molecule is N#CC1(C(=O)Nc2ccc(-n3ncc4c(=O)[nH]cnc43)cc2)CC12CCCC2. The van der Waals surface area contributed by atoms with Crippen LogP contribution in [-0.4, -0.2) is 25.7 Å². The van der Waals surface area contributed by atoms with Gasteiger partial charge in [-0.05, 0) is 43.5 Å². The van der Waals surface area contributed by atoms with E-state index in [4.69, 9.17) is 0 Å². The number of amides is 1. The fourth-order valence-electron chi connectivity index (χ4n) is 4.62. The number of fused-ring (bicyclic) bond motifs is 1. The van der Waals surface area contributed by atoms with Crippen LogP contribution >= 0.6 is 0 Å². The van der Waals surface area contributed by atoms with Crippen molar-refractivity contribution in [2.45, 2.75) is 32.1 Å². The monoisotopic (exact) mass is 374 g/mol. The van der Waals surface area contributed by atoms with Crippen molar-refractivity contribution in [3.05, 3.63) is 47.1 Å². The number of nitrogens with one attached hydrogen (secondary N) is 2. The number of carbonyl (C=O) groups excluding carboxylic acids is 1. The van der Waals surface area contributed by atoms with E-state index >= 15 is 0 Å². The molecule has 28 heavy (non-hydrogen) atoms. The second-order valence-electron chi connectivity index (χ2n) is 7.71. The first-order valence-corrected chi connectivity index (χ1v) is 9.33. The van der Waals surface area contributed by atoms with Crippen molar-refractivity contribution >= 4 is 22.6 Å². The van der Waals surface area contributed by atoms with E-state index < -0.39 is 5.41 Å². The summed E-state index contributed by atoms with van der Waals surface area (Å²) in [6, 6.07) is 9.42. The van der Waals surface area contributed by atoms with Crippen LogP contribution in [0.15, 0.2) is 41.6 Å². The molecule has 2 aliphatic carbocycles. The van der Waals surface area contributed by atoms with Gasteiger partial charge in [-0.3, -0.25) is 9.59 Å². The summed E-state index contributed by atoms with van der Waals surface area (Å²) in [7, 11) is 0. The van der Waals surface area contributed by atoms with Crippen molar-refractivity contribution in [1.29, 1.82) is 5.26 Å². The minimum Gasteiger partial charge on any atom is -0.325 e. The van der Waals surface area contributed by atoms with Gasteiger partial charge >= 0.3 is 0 Å². The van der Waals surface area contributed by atoms with E-state index in [0.29, 0.717) is 23.1 Å². The quantitative estimate of drug-likeness (QED) is 0.731. The van der Waals surface area contributed by atoms with Gasteiger partial charge in [0, 0.05) is 11.1 Å². The van der Waals surface area contributed by atoms with Gasteiger partial charge in [-0.1, -0.05) is 12.8 Å². The van der Waals surface area contributed by atoms with Crippen LogP contribution in [0.4, 0.5) is 5.69 Å². The first-order chi connectivity index (χ1) is 13.6. The number of anilines is 1. The van der Waals surface area contributed by atoms with E-state index in [1.807, 2.05) is 0 Å². The number of carbonyl (C=O) groups is 1. The van der Waals surface area contributed by atoms with Gasteiger partial charge in [0.25, 0.3) is 5.56 Å². The Hall–Kier alpha value is -3.47. The Morgan fingerprint density at radius 1 is 1.25 bits per heavy atom. The summed E-state index contributed by atoms with van der Waals surface area (Å²) in [5.41, 5.74) is 0.576. The number of H-pyrrole nitrogens is 1. The zero-order valence-electron chi connectivity index (χ0n) is 15.1. The summed E-state index contributed by atoms with van der Waals surface area (Å²) in [5.74, 6) is -0.206. The van der Waals surface area contributed by atoms with E-state index in [1.54, 1.807) is 28.9 Å². The molecule has 8 heteroatoms. The zero-order valence-corrected chi connectivity index (χ0v) is 15.1. The third-order valence-electron chi connectivity index (χ3n) is 6.26. The van der Waals surface area contributed by atoms with Crippen LogP contribution in [0, 0.1) is 22.2 Å². The molecular formula is C20H18N6O2. The number of aromatic nitrogens is 4. The molecule has 1 aromatic carbocycles. The number of nitrogens with zero attached hydrogens (tertiary/aromatic N) is 4. The van der Waals surface area contributed by atoms with Crippen LogP contribution in [-0.2, 0) is 4.79 Å².